The van der Waals surface area contributed by atoms with E-state index in [4.69, 9.17) is 9.26 Å². The second kappa shape index (κ2) is 7.26. The molecule has 5 rings (SSSR count). The second-order valence-electron chi connectivity index (χ2n) is 8.23. The Morgan fingerprint density at radius 1 is 1.21 bits per heavy atom. The first-order valence-corrected chi connectivity index (χ1v) is 10.2. The summed E-state index contributed by atoms with van der Waals surface area (Å²) in [4.78, 5) is 30.6. The van der Waals surface area contributed by atoms with Gasteiger partial charge in [-0.15, -0.1) is 0 Å². The highest BCUT2D eigenvalue weighted by Crippen LogP contribution is 2.43. The molecule has 152 valence electrons. The fraction of sp³-hybridized carbons (Fsp3) is 0.524. The molecule has 1 saturated carbocycles. The minimum absolute atomic E-state index is 0.0912. The van der Waals surface area contributed by atoms with Gasteiger partial charge in [-0.3, -0.25) is 14.6 Å². The van der Waals surface area contributed by atoms with Crippen LogP contribution in [0.5, 0.6) is 0 Å². The molecule has 3 aliphatic rings. The van der Waals surface area contributed by atoms with Crippen molar-refractivity contribution in [3.8, 4) is 0 Å². The van der Waals surface area contributed by atoms with Crippen LogP contribution < -0.4 is 5.32 Å². The molecule has 0 unspecified atom stereocenters. The number of ether oxygens (including phenoxy) is 1. The number of carbonyl (C=O) groups is 2. The Hall–Kier alpha value is -2.74. The van der Waals surface area contributed by atoms with E-state index in [0.29, 0.717) is 49.3 Å². The third-order valence-electron chi connectivity index (χ3n) is 6.25. The van der Waals surface area contributed by atoms with Crippen LogP contribution in [0.2, 0.25) is 0 Å². The van der Waals surface area contributed by atoms with E-state index < -0.39 is 0 Å². The Morgan fingerprint density at radius 3 is 2.76 bits per heavy atom. The standard InChI is InChI=1S/C21H24N4O4/c26-19(15-3-7-22-8-4-15)23-9-5-16-6-10-28-21(16)12-25(13-21)20(27)17-11-18(29-24-17)14-1-2-14/h3-4,7-8,11,14,16H,1-2,5-6,9-10,12-13H2,(H,23,26)/t16-/m1/s1. The molecule has 8 nitrogen and oxygen atoms in total. The topological polar surface area (TPSA) is 97.6 Å². The van der Waals surface area contributed by atoms with E-state index in [-0.39, 0.29) is 17.4 Å². The number of likely N-dealkylation sites (tertiary alicyclic amines) is 1. The van der Waals surface area contributed by atoms with E-state index in [2.05, 4.69) is 15.5 Å². The highest BCUT2D eigenvalue weighted by atomic mass is 16.5. The van der Waals surface area contributed by atoms with Crippen LogP contribution in [-0.4, -0.2) is 58.7 Å². The maximum atomic E-state index is 12.7. The molecule has 0 bridgehead atoms. The van der Waals surface area contributed by atoms with Crippen LogP contribution in [-0.2, 0) is 4.74 Å². The van der Waals surface area contributed by atoms with Crippen LogP contribution in [0.15, 0.2) is 35.1 Å². The predicted octanol–water partition coefficient (Wildman–Crippen LogP) is 2.00. The maximum absolute atomic E-state index is 12.7. The normalized spacial score (nSPS) is 22.5. The van der Waals surface area contributed by atoms with Gasteiger partial charge < -0.3 is 19.5 Å². The third kappa shape index (κ3) is 3.53. The Bertz CT molecular complexity index is 902. The largest absolute Gasteiger partial charge is 0.371 e. The number of pyridine rings is 1. The summed E-state index contributed by atoms with van der Waals surface area (Å²) in [7, 11) is 0. The van der Waals surface area contributed by atoms with Crippen molar-refractivity contribution in [3.05, 3.63) is 47.6 Å². The van der Waals surface area contributed by atoms with Crippen molar-refractivity contribution in [2.45, 2.75) is 37.2 Å². The summed E-state index contributed by atoms with van der Waals surface area (Å²) in [5.41, 5.74) is 0.706. The summed E-state index contributed by atoms with van der Waals surface area (Å²) in [6.07, 6.45) is 7.22. The van der Waals surface area contributed by atoms with Gasteiger partial charge in [0.2, 0.25) is 0 Å². The first kappa shape index (κ1) is 18.3. The van der Waals surface area contributed by atoms with E-state index >= 15 is 0 Å². The predicted molar refractivity (Wildman–Crippen MR) is 102 cm³/mol. The number of nitrogens with zero attached hydrogens (tertiary/aromatic N) is 3. The van der Waals surface area contributed by atoms with Crippen LogP contribution >= 0.6 is 0 Å². The van der Waals surface area contributed by atoms with Crippen LogP contribution in [0.4, 0.5) is 0 Å². The molecule has 2 aliphatic heterocycles. The molecular weight excluding hydrogens is 372 g/mol. The average Bonchev–Trinajstić information content (AvgIpc) is 3.29. The van der Waals surface area contributed by atoms with Crippen molar-refractivity contribution in [2.24, 2.45) is 5.92 Å². The quantitative estimate of drug-likeness (QED) is 0.802. The molecule has 2 amide bonds. The second-order valence-corrected chi connectivity index (χ2v) is 8.23. The molecule has 1 spiro atoms. The van der Waals surface area contributed by atoms with Gasteiger partial charge >= 0.3 is 0 Å². The molecule has 1 N–H and O–H groups in total. The number of aromatic nitrogens is 2. The van der Waals surface area contributed by atoms with E-state index in [1.165, 1.54) is 0 Å². The Labute approximate surface area is 168 Å². The van der Waals surface area contributed by atoms with Crippen molar-refractivity contribution in [2.75, 3.05) is 26.2 Å². The van der Waals surface area contributed by atoms with Gasteiger partial charge in [-0.2, -0.15) is 0 Å². The monoisotopic (exact) mass is 396 g/mol. The van der Waals surface area contributed by atoms with E-state index in [0.717, 1.165) is 31.4 Å². The molecular formula is C21H24N4O4. The van der Waals surface area contributed by atoms with Crippen molar-refractivity contribution < 1.29 is 18.8 Å². The molecule has 4 heterocycles. The zero-order chi connectivity index (χ0) is 19.8. The van der Waals surface area contributed by atoms with Gasteiger partial charge in [0.25, 0.3) is 11.8 Å². The van der Waals surface area contributed by atoms with Gasteiger partial charge in [-0.1, -0.05) is 5.16 Å². The molecule has 29 heavy (non-hydrogen) atoms. The van der Waals surface area contributed by atoms with Crippen LogP contribution in [0.1, 0.15) is 58.2 Å². The summed E-state index contributed by atoms with van der Waals surface area (Å²) in [6.45, 7) is 2.42. The molecule has 0 aromatic carbocycles. The first-order valence-electron chi connectivity index (χ1n) is 10.2. The lowest BCUT2D eigenvalue weighted by Gasteiger charge is -2.50. The Kier molecular flexibility index (Phi) is 4.58. The number of nitrogens with one attached hydrogen (secondary N) is 1. The SMILES string of the molecule is O=C(NCC[C@@H]1CCOC12CN(C(=O)c1cc(C3CC3)on1)C2)c1ccncc1. The minimum atomic E-state index is -0.292. The van der Waals surface area contributed by atoms with Gasteiger partial charge in [0, 0.05) is 43.1 Å². The summed E-state index contributed by atoms with van der Waals surface area (Å²) in [5, 5.41) is 6.92. The number of hydrogen-bond acceptors (Lipinski definition) is 6. The van der Waals surface area contributed by atoms with E-state index in [1.54, 1.807) is 35.5 Å². The zero-order valence-electron chi connectivity index (χ0n) is 16.2. The summed E-state index contributed by atoms with van der Waals surface area (Å²) in [6, 6.07) is 5.18. The third-order valence-corrected chi connectivity index (χ3v) is 6.25. The highest BCUT2D eigenvalue weighted by molar-refractivity contribution is 5.94. The fourth-order valence-electron chi connectivity index (χ4n) is 4.36. The van der Waals surface area contributed by atoms with Crippen molar-refractivity contribution in [3.63, 3.8) is 0 Å². The Morgan fingerprint density at radius 2 is 2.00 bits per heavy atom. The number of hydrogen-bond donors (Lipinski definition) is 1. The lowest BCUT2D eigenvalue weighted by atomic mass is 9.78. The number of rotatable bonds is 6. The zero-order valence-corrected chi connectivity index (χ0v) is 16.2. The Balaban J connectivity index is 1.13. The molecule has 3 fully saturated rings. The molecule has 2 aromatic rings. The lowest BCUT2D eigenvalue weighted by Crippen LogP contribution is -2.66. The number of carbonyl (C=O) groups excluding carboxylic acids is 2. The maximum Gasteiger partial charge on any atom is 0.276 e. The molecule has 8 heteroatoms. The van der Waals surface area contributed by atoms with Gasteiger partial charge in [0.1, 0.15) is 11.4 Å². The summed E-state index contributed by atoms with van der Waals surface area (Å²) < 4.78 is 11.3. The van der Waals surface area contributed by atoms with Crippen LogP contribution in [0.3, 0.4) is 0 Å². The van der Waals surface area contributed by atoms with Crippen LogP contribution in [0, 0.1) is 5.92 Å². The van der Waals surface area contributed by atoms with Gasteiger partial charge in [0.05, 0.1) is 13.1 Å². The highest BCUT2D eigenvalue weighted by Gasteiger charge is 2.54. The van der Waals surface area contributed by atoms with E-state index in [9.17, 15) is 9.59 Å². The molecule has 1 aliphatic carbocycles. The van der Waals surface area contributed by atoms with Crippen molar-refractivity contribution in [1.82, 2.24) is 20.4 Å². The fourth-order valence-corrected chi connectivity index (χ4v) is 4.36. The molecule has 2 aromatic heterocycles. The van der Waals surface area contributed by atoms with Crippen molar-refractivity contribution >= 4 is 11.8 Å². The van der Waals surface area contributed by atoms with Gasteiger partial charge in [-0.05, 0) is 43.7 Å². The summed E-state index contributed by atoms with van der Waals surface area (Å²) in [5.74, 6) is 1.40. The molecule has 2 saturated heterocycles. The smallest absolute Gasteiger partial charge is 0.276 e. The van der Waals surface area contributed by atoms with Crippen LogP contribution in [0.25, 0.3) is 0 Å². The average molecular weight is 396 g/mol. The minimum Gasteiger partial charge on any atom is -0.371 e. The molecule has 1 atom stereocenters. The molecule has 0 radical (unpaired) electrons. The van der Waals surface area contributed by atoms with E-state index in [1.807, 2.05) is 0 Å². The first-order chi connectivity index (χ1) is 14.1. The number of amides is 2. The van der Waals surface area contributed by atoms with Crippen molar-refractivity contribution in [1.29, 1.82) is 0 Å². The van der Waals surface area contributed by atoms with Gasteiger partial charge in [0.15, 0.2) is 5.69 Å². The lowest BCUT2D eigenvalue weighted by molar-refractivity contribution is -0.118. The van der Waals surface area contributed by atoms with Gasteiger partial charge in [-0.25, -0.2) is 0 Å². The summed E-state index contributed by atoms with van der Waals surface area (Å²) >= 11 is 0.